The SMILES string of the molecule is COCc1nc(Cl)cc(Oc2cncc(Cl)c2)n1. The summed E-state index contributed by atoms with van der Waals surface area (Å²) in [5.74, 6) is 1.22. The number of methoxy groups -OCH3 is 1. The number of aromatic nitrogens is 3. The third-order valence-corrected chi connectivity index (χ3v) is 2.29. The van der Waals surface area contributed by atoms with Crippen LogP contribution < -0.4 is 4.74 Å². The van der Waals surface area contributed by atoms with Crippen molar-refractivity contribution in [2.24, 2.45) is 0 Å². The van der Waals surface area contributed by atoms with E-state index in [4.69, 9.17) is 32.7 Å². The summed E-state index contributed by atoms with van der Waals surface area (Å²) in [6.45, 7) is 0.255. The number of ether oxygens (including phenoxy) is 2. The molecule has 2 aromatic heterocycles. The molecule has 0 amide bonds. The molecular formula is C11H9Cl2N3O2. The van der Waals surface area contributed by atoms with Crippen LogP contribution in [0.25, 0.3) is 0 Å². The number of hydrogen-bond donors (Lipinski definition) is 0. The summed E-state index contributed by atoms with van der Waals surface area (Å²) in [6, 6.07) is 3.13. The second-order valence-electron chi connectivity index (χ2n) is 3.32. The molecule has 2 rings (SSSR count). The van der Waals surface area contributed by atoms with Gasteiger partial charge < -0.3 is 9.47 Å². The Labute approximate surface area is 114 Å². The summed E-state index contributed by atoms with van der Waals surface area (Å²) in [4.78, 5) is 12.0. The molecular weight excluding hydrogens is 277 g/mol. The molecule has 0 saturated heterocycles. The van der Waals surface area contributed by atoms with E-state index in [0.29, 0.717) is 22.5 Å². The first kappa shape index (κ1) is 13.0. The van der Waals surface area contributed by atoms with Gasteiger partial charge in [0, 0.05) is 25.4 Å². The molecule has 2 aromatic rings. The smallest absolute Gasteiger partial charge is 0.224 e. The standard InChI is InChI=1S/C11H9Cl2N3O2/c1-17-6-10-15-9(13)3-11(16-10)18-8-2-7(12)4-14-5-8/h2-5H,6H2,1H3. The molecule has 0 aliphatic carbocycles. The Morgan fingerprint density at radius 3 is 2.72 bits per heavy atom. The summed E-state index contributed by atoms with van der Waals surface area (Å²) < 4.78 is 10.4. The van der Waals surface area contributed by atoms with Gasteiger partial charge in [-0.3, -0.25) is 4.98 Å². The quantitative estimate of drug-likeness (QED) is 0.808. The van der Waals surface area contributed by atoms with Crippen molar-refractivity contribution < 1.29 is 9.47 Å². The van der Waals surface area contributed by atoms with Gasteiger partial charge in [0.2, 0.25) is 5.88 Å². The number of pyridine rings is 1. The molecule has 2 heterocycles. The third-order valence-electron chi connectivity index (χ3n) is 1.89. The van der Waals surface area contributed by atoms with Gasteiger partial charge in [-0.05, 0) is 0 Å². The molecule has 0 radical (unpaired) electrons. The summed E-state index contributed by atoms with van der Waals surface area (Å²) in [5, 5.41) is 0.756. The van der Waals surface area contributed by atoms with Crippen LogP contribution in [0.2, 0.25) is 10.2 Å². The third kappa shape index (κ3) is 3.53. The lowest BCUT2D eigenvalue weighted by atomic mass is 10.4. The molecule has 18 heavy (non-hydrogen) atoms. The van der Waals surface area contributed by atoms with Gasteiger partial charge in [0.1, 0.15) is 17.5 Å². The van der Waals surface area contributed by atoms with Crippen molar-refractivity contribution in [3.8, 4) is 11.6 Å². The Balaban J connectivity index is 2.23. The van der Waals surface area contributed by atoms with Crippen molar-refractivity contribution in [3.63, 3.8) is 0 Å². The zero-order chi connectivity index (χ0) is 13.0. The average molecular weight is 286 g/mol. The second-order valence-corrected chi connectivity index (χ2v) is 4.14. The molecule has 0 unspecified atom stereocenters. The molecule has 0 aromatic carbocycles. The lowest BCUT2D eigenvalue weighted by Crippen LogP contribution is -1.99. The maximum Gasteiger partial charge on any atom is 0.224 e. The van der Waals surface area contributed by atoms with E-state index in [1.807, 2.05) is 0 Å². The van der Waals surface area contributed by atoms with E-state index >= 15 is 0 Å². The highest BCUT2D eigenvalue weighted by Crippen LogP contribution is 2.23. The Morgan fingerprint density at radius 2 is 2.00 bits per heavy atom. The second kappa shape index (κ2) is 5.95. The van der Waals surface area contributed by atoms with Gasteiger partial charge >= 0.3 is 0 Å². The fourth-order valence-electron chi connectivity index (χ4n) is 1.26. The molecule has 94 valence electrons. The highest BCUT2D eigenvalue weighted by atomic mass is 35.5. The summed E-state index contributed by atoms with van der Waals surface area (Å²) in [7, 11) is 1.55. The molecule has 0 spiro atoms. The Bertz CT molecular complexity index is 552. The summed E-state index contributed by atoms with van der Waals surface area (Å²) in [6.07, 6.45) is 3.04. The topological polar surface area (TPSA) is 57.1 Å². The van der Waals surface area contributed by atoms with Crippen molar-refractivity contribution >= 4 is 23.2 Å². The van der Waals surface area contributed by atoms with E-state index in [2.05, 4.69) is 15.0 Å². The fourth-order valence-corrected chi connectivity index (χ4v) is 1.61. The van der Waals surface area contributed by atoms with Crippen molar-refractivity contribution in [2.75, 3.05) is 7.11 Å². The molecule has 0 aliphatic rings. The minimum atomic E-state index is 0.255. The molecule has 7 heteroatoms. The average Bonchev–Trinajstić information content (AvgIpc) is 2.28. The summed E-state index contributed by atoms with van der Waals surface area (Å²) in [5.41, 5.74) is 0. The van der Waals surface area contributed by atoms with E-state index in [1.54, 1.807) is 13.2 Å². The van der Waals surface area contributed by atoms with Crippen LogP contribution in [0.15, 0.2) is 24.5 Å². The highest BCUT2D eigenvalue weighted by Gasteiger charge is 2.06. The van der Waals surface area contributed by atoms with Gasteiger partial charge in [-0.2, -0.15) is 4.98 Å². The Morgan fingerprint density at radius 1 is 1.17 bits per heavy atom. The molecule has 0 bridgehead atoms. The number of hydrogen-bond acceptors (Lipinski definition) is 5. The molecule has 0 fully saturated rings. The van der Waals surface area contributed by atoms with Gasteiger partial charge in [0.25, 0.3) is 0 Å². The molecule has 0 atom stereocenters. The fraction of sp³-hybridized carbons (Fsp3) is 0.182. The van der Waals surface area contributed by atoms with E-state index in [0.717, 1.165) is 0 Å². The van der Waals surface area contributed by atoms with Crippen LogP contribution in [0, 0.1) is 0 Å². The lowest BCUT2D eigenvalue weighted by Gasteiger charge is -2.06. The number of halogens is 2. The Hall–Kier alpha value is -1.43. The molecule has 0 N–H and O–H groups in total. The largest absolute Gasteiger partial charge is 0.437 e. The highest BCUT2D eigenvalue weighted by molar-refractivity contribution is 6.30. The van der Waals surface area contributed by atoms with E-state index < -0.39 is 0 Å². The first-order valence-corrected chi connectivity index (χ1v) is 5.74. The van der Waals surface area contributed by atoms with Crippen molar-refractivity contribution in [1.82, 2.24) is 15.0 Å². The van der Waals surface area contributed by atoms with Gasteiger partial charge in [0.15, 0.2) is 5.82 Å². The van der Waals surface area contributed by atoms with Crippen LogP contribution in [0.1, 0.15) is 5.82 Å². The van der Waals surface area contributed by atoms with Gasteiger partial charge in [-0.15, -0.1) is 0 Å². The minimum Gasteiger partial charge on any atom is -0.437 e. The molecule has 5 nitrogen and oxygen atoms in total. The van der Waals surface area contributed by atoms with Gasteiger partial charge in [-0.25, -0.2) is 4.98 Å². The lowest BCUT2D eigenvalue weighted by molar-refractivity contribution is 0.177. The van der Waals surface area contributed by atoms with Gasteiger partial charge in [-0.1, -0.05) is 23.2 Å². The first-order chi connectivity index (χ1) is 8.67. The van der Waals surface area contributed by atoms with Crippen molar-refractivity contribution in [1.29, 1.82) is 0 Å². The monoisotopic (exact) mass is 285 g/mol. The maximum atomic E-state index is 5.85. The maximum absolute atomic E-state index is 5.85. The summed E-state index contributed by atoms with van der Waals surface area (Å²) >= 11 is 11.7. The van der Waals surface area contributed by atoms with E-state index in [9.17, 15) is 0 Å². The Kier molecular flexibility index (Phi) is 4.30. The predicted octanol–water partition coefficient (Wildman–Crippen LogP) is 3.12. The van der Waals surface area contributed by atoms with Crippen LogP contribution in [-0.4, -0.2) is 22.1 Å². The van der Waals surface area contributed by atoms with Crippen LogP contribution >= 0.6 is 23.2 Å². The zero-order valence-electron chi connectivity index (χ0n) is 9.43. The molecule has 0 aliphatic heterocycles. The van der Waals surface area contributed by atoms with Crippen LogP contribution in [-0.2, 0) is 11.3 Å². The number of nitrogens with zero attached hydrogens (tertiary/aromatic N) is 3. The van der Waals surface area contributed by atoms with Crippen LogP contribution in [0.5, 0.6) is 11.6 Å². The predicted molar refractivity (Wildman–Crippen MR) is 67.1 cm³/mol. The van der Waals surface area contributed by atoms with Crippen LogP contribution in [0.3, 0.4) is 0 Å². The molecule has 0 saturated carbocycles. The van der Waals surface area contributed by atoms with Crippen LogP contribution in [0.4, 0.5) is 0 Å². The zero-order valence-corrected chi connectivity index (χ0v) is 10.9. The van der Waals surface area contributed by atoms with Gasteiger partial charge in [0.05, 0.1) is 11.2 Å². The van der Waals surface area contributed by atoms with E-state index in [-0.39, 0.29) is 11.8 Å². The normalized spacial score (nSPS) is 10.4. The number of rotatable bonds is 4. The minimum absolute atomic E-state index is 0.255. The van der Waals surface area contributed by atoms with E-state index in [1.165, 1.54) is 18.5 Å². The van der Waals surface area contributed by atoms with Crippen molar-refractivity contribution in [3.05, 3.63) is 40.5 Å². The van der Waals surface area contributed by atoms with Crippen molar-refractivity contribution in [2.45, 2.75) is 6.61 Å². The first-order valence-electron chi connectivity index (χ1n) is 4.98.